The van der Waals surface area contributed by atoms with Crippen molar-refractivity contribution in [2.45, 2.75) is 67.9 Å². The molecule has 1 saturated heterocycles. The number of hydrogen-bond donors (Lipinski definition) is 1. The highest BCUT2D eigenvalue weighted by Gasteiger charge is 2.78. The Morgan fingerprint density at radius 3 is 2.38 bits per heavy atom. The molecular formula is C22H27ClF3O7P. The largest absolute Gasteiger partial charge is 0.527 e. The van der Waals surface area contributed by atoms with Gasteiger partial charge in [0.25, 0.3) is 5.79 Å². The fourth-order valence-electron chi connectivity index (χ4n) is 6.73. The van der Waals surface area contributed by atoms with Crippen LogP contribution in [0.1, 0.15) is 50.2 Å². The molecule has 1 heterocycles. The number of halogens is 4. The van der Waals surface area contributed by atoms with Crippen LogP contribution >= 0.6 is 19.4 Å². The monoisotopic (exact) mass is 526 g/mol. The molecule has 4 aliphatic carbocycles. The standard InChI is InChI=1S/C22H27ClF3O7P/c1-3-14-4-5-15(8-18(14)31-34(27,28)29-2)22(30-12-20(24,25)26)21(32-33-22)16-6-13-7-17(21)11-19(23,9-13)10-16/h4-5,8,13,16-17H,3,6-7,9-12H2,1-2H3,(H,27,28). The van der Waals surface area contributed by atoms with Gasteiger partial charge in [-0.25, -0.2) is 9.45 Å². The smallest absolute Gasteiger partial charge is 0.404 e. The first-order chi connectivity index (χ1) is 15.9. The molecule has 7 nitrogen and oxygen atoms in total. The molecule has 1 aromatic carbocycles. The van der Waals surface area contributed by atoms with Crippen LogP contribution < -0.4 is 4.52 Å². The van der Waals surface area contributed by atoms with Crippen molar-refractivity contribution >= 4 is 19.4 Å². The first-order valence-electron chi connectivity index (χ1n) is 11.3. The van der Waals surface area contributed by atoms with Crippen LogP contribution in [-0.4, -0.2) is 35.3 Å². The molecule has 1 spiro atoms. The molecule has 0 radical (unpaired) electrons. The van der Waals surface area contributed by atoms with Crippen molar-refractivity contribution in [3.05, 3.63) is 29.3 Å². The highest BCUT2D eigenvalue weighted by Crippen LogP contribution is 2.71. The fourth-order valence-corrected chi connectivity index (χ4v) is 7.82. The lowest BCUT2D eigenvalue weighted by molar-refractivity contribution is -0.650. The molecule has 190 valence electrons. The maximum Gasteiger partial charge on any atom is 0.527 e. The lowest BCUT2D eigenvalue weighted by Crippen LogP contribution is -2.78. The minimum absolute atomic E-state index is 0.00551. The van der Waals surface area contributed by atoms with E-state index in [1.165, 1.54) is 6.07 Å². The van der Waals surface area contributed by atoms with Gasteiger partial charge in [-0.3, -0.25) is 9.42 Å². The van der Waals surface area contributed by atoms with Crippen molar-refractivity contribution in [3.8, 4) is 5.75 Å². The first-order valence-corrected chi connectivity index (χ1v) is 13.2. The van der Waals surface area contributed by atoms with Gasteiger partial charge in [0.05, 0.1) is 0 Å². The number of alkyl halides is 4. The zero-order valence-corrected chi connectivity index (χ0v) is 20.4. The van der Waals surface area contributed by atoms with E-state index >= 15 is 0 Å². The molecular weight excluding hydrogens is 500 g/mol. The Balaban J connectivity index is 1.60. The highest BCUT2D eigenvalue weighted by atomic mass is 35.5. The Hall–Kier alpha value is -0.870. The molecule has 6 rings (SSSR count). The number of aryl methyl sites for hydroxylation is 1. The van der Waals surface area contributed by atoms with Gasteiger partial charge in [-0.2, -0.15) is 18.1 Å². The van der Waals surface area contributed by atoms with Gasteiger partial charge in [0.2, 0.25) is 0 Å². The lowest BCUT2D eigenvalue weighted by Gasteiger charge is -2.70. The van der Waals surface area contributed by atoms with Crippen LogP contribution in [0.4, 0.5) is 13.2 Å². The minimum atomic E-state index is -4.60. The molecule has 12 heteroatoms. The quantitative estimate of drug-likeness (QED) is 0.280. The second-order valence-electron chi connectivity index (χ2n) is 9.89. The molecule has 0 amide bonds. The zero-order valence-electron chi connectivity index (χ0n) is 18.8. The summed E-state index contributed by atoms with van der Waals surface area (Å²) >= 11 is 6.87. The van der Waals surface area contributed by atoms with Crippen LogP contribution in [-0.2, 0) is 35.8 Å². The summed E-state index contributed by atoms with van der Waals surface area (Å²) in [6, 6.07) is 4.61. The number of benzene rings is 1. The lowest BCUT2D eigenvalue weighted by atomic mass is 9.46. The fraction of sp³-hybridized carbons (Fsp3) is 0.727. The summed E-state index contributed by atoms with van der Waals surface area (Å²) in [5.41, 5.74) is -0.356. The molecule has 4 saturated carbocycles. The average Bonchev–Trinajstić information content (AvgIpc) is 2.71. The Kier molecular flexibility index (Phi) is 5.89. The highest BCUT2D eigenvalue weighted by molar-refractivity contribution is 7.47. The van der Waals surface area contributed by atoms with Gasteiger partial charge in [-0.05, 0) is 67.9 Å². The molecule has 1 N–H and O–H groups in total. The second kappa shape index (κ2) is 8.07. The van der Waals surface area contributed by atoms with Crippen molar-refractivity contribution in [1.82, 2.24) is 0 Å². The van der Waals surface area contributed by atoms with Crippen molar-refractivity contribution in [2.24, 2.45) is 17.8 Å². The summed E-state index contributed by atoms with van der Waals surface area (Å²) in [5.74, 6) is -1.79. The number of rotatable bonds is 7. The predicted molar refractivity (Wildman–Crippen MR) is 114 cm³/mol. The SMILES string of the molecule is CCc1ccc(C2(OCC(F)(F)F)OOC23C2CC4CC3CC(Cl)(C4)C2)cc1OP(=O)(O)OC. The molecule has 34 heavy (non-hydrogen) atoms. The Morgan fingerprint density at radius 2 is 1.88 bits per heavy atom. The topological polar surface area (TPSA) is 83.5 Å². The van der Waals surface area contributed by atoms with Gasteiger partial charge in [-0.1, -0.05) is 19.1 Å². The number of phosphoric ester groups is 1. The first kappa shape index (κ1) is 24.8. The molecule has 1 aromatic rings. The van der Waals surface area contributed by atoms with Gasteiger partial charge in [0.15, 0.2) is 5.60 Å². The van der Waals surface area contributed by atoms with E-state index in [-0.39, 0.29) is 23.1 Å². The molecule has 5 aliphatic rings. The van der Waals surface area contributed by atoms with E-state index in [2.05, 4.69) is 4.52 Å². The van der Waals surface area contributed by atoms with Crippen LogP contribution in [0, 0.1) is 17.8 Å². The van der Waals surface area contributed by atoms with Gasteiger partial charge in [0.1, 0.15) is 12.4 Å². The normalized spacial score (nSPS) is 40.3. The Morgan fingerprint density at radius 1 is 1.21 bits per heavy atom. The summed E-state index contributed by atoms with van der Waals surface area (Å²) in [5, 5.41) is 0. The third kappa shape index (κ3) is 3.81. The van der Waals surface area contributed by atoms with Crippen molar-refractivity contribution in [3.63, 3.8) is 0 Å². The van der Waals surface area contributed by atoms with E-state index in [0.717, 1.165) is 26.4 Å². The molecule has 4 unspecified atom stereocenters. The van der Waals surface area contributed by atoms with E-state index in [9.17, 15) is 22.6 Å². The zero-order chi connectivity index (χ0) is 24.6. The Bertz CT molecular complexity index is 1000. The summed E-state index contributed by atoms with van der Waals surface area (Å²) in [7, 11) is -3.39. The summed E-state index contributed by atoms with van der Waals surface area (Å²) in [6.07, 6.45) is -0.566. The molecule has 4 atom stereocenters. The maximum absolute atomic E-state index is 13.4. The van der Waals surface area contributed by atoms with Crippen LogP contribution in [0.2, 0.25) is 0 Å². The van der Waals surface area contributed by atoms with Crippen LogP contribution in [0.25, 0.3) is 0 Å². The third-order valence-corrected chi connectivity index (χ3v) is 9.20. The minimum Gasteiger partial charge on any atom is -0.404 e. The number of phosphoric acid groups is 1. The van der Waals surface area contributed by atoms with Gasteiger partial charge in [-0.15, -0.1) is 11.6 Å². The summed E-state index contributed by atoms with van der Waals surface area (Å²) in [6.45, 7) is 0.268. The summed E-state index contributed by atoms with van der Waals surface area (Å²) < 4.78 is 67.5. The van der Waals surface area contributed by atoms with Crippen molar-refractivity contribution in [2.75, 3.05) is 13.7 Å². The van der Waals surface area contributed by atoms with Crippen LogP contribution in [0.5, 0.6) is 5.75 Å². The van der Waals surface area contributed by atoms with Crippen LogP contribution in [0.3, 0.4) is 0 Å². The van der Waals surface area contributed by atoms with E-state index in [0.29, 0.717) is 30.7 Å². The summed E-state index contributed by atoms with van der Waals surface area (Å²) in [4.78, 5) is 20.8. The van der Waals surface area contributed by atoms with Crippen LogP contribution in [0.15, 0.2) is 18.2 Å². The molecule has 0 aromatic heterocycles. The van der Waals surface area contributed by atoms with E-state index in [4.69, 9.17) is 30.6 Å². The number of hydrogen-bond acceptors (Lipinski definition) is 6. The average molecular weight is 527 g/mol. The third-order valence-electron chi connectivity index (χ3n) is 7.85. The van der Waals surface area contributed by atoms with Gasteiger partial charge < -0.3 is 9.26 Å². The van der Waals surface area contributed by atoms with Crippen molar-refractivity contribution < 1.29 is 46.2 Å². The molecule has 1 aliphatic heterocycles. The maximum atomic E-state index is 13.4. The number of ether oxygens (including phenoxy) is 1. The predicted octanol–water partition coefficient (Wildman–Crippen LogP) is 5.62. The second-order valence-corrected chi connectivity index (χ2v) is 12.2. The van der Waals surface area contributed by atoms with Gasteiger partial charge in [0, 0.05) is 17.5 Å². The molecule has 4 bridgehead atoms. The van der Waals surface area contributed by atoms with E-state index in [1.807, 2.05) is 6.92 Å². The van der Waals surface area contributed by atoms with E-state index in [1.54, 1.807) is 12.1 Å². The van der Waals surface area contributed by atoms with E-state index < -0.39 is 36.9 Å². The van der Waals surface area contributed by atoms with Gasteiger partial charge >= 0.3 is 14.0 Å². The molecule has 5 fully saturated rings. The van der Waals surface area contributed by atoms with Crippen molar-refractivity contribution in [1.29, 1.82) is 0 Å². The Labute approximate surface area is 200 Å².